The molecule has 0 saturated heterocycles. The summed E-state index contributed by atoms with van der Waals surface area (Å²) in [5, 5.41) is 5.66. The molecule has 2 aromatic heterocycles. The van der Waals surface area contributed by atoms with E-state index in [4.69, 9.17) is 4.42 Å². The molecular formula is C15H16F4N6O. The maximum atomic E-state index is 13.0. The summed E-state index contributed by atoms with van der Waals surface area (Å²) >= 11 is 0. The van der Waals surface area contributed by atoms with Crippen molar-refractivity contribution in [2.24, 2.45) is 0 Å². The van der Waals surface area contributed by atoms with Crippen LogP contribution in [0.2, 0.25) is 0 Å². The zero-order chi connectivity index (χ0) is 18.5. The van der Waals surface area contributed by atoms with E-state index < -0.39 is 23.9 Å². The highest BCUT2D eigenvalue weighted by Crippen LogP contribution is 2.40. The number of nitrogens with zero attached hydrogens (tertiary/aromatic N) is 4. The molecule has 2 aromatic rings. The largest absolute Gasteiger partial charge is 0.449 e. The minimum Gasteiger partial charge on any atom is -0.449 e. The molecule has 2 aliphatic rings. The zero-order valence-corrected chi connectivity index (χ0v) is 13.8. The van der Waals surface area contributed by atoms with E-state index in [1.54, 1.807) is 6.92 Å². The third-order valence-electron chi connectivity index (χ3n) is 4.33. The van der Waals surface area contributed by atoms with Gasteiger partial charge in [-0.3, -0.25) is 0 Å². The Morgan fingerprint density at radius 3 is 1.77 bits per heavy atom. The van der Waals surface area contributed by atoms with E-state index in [1.807, 2.05) is 0 Å². The first-order valence-corrected chi connectivity index (χ1v) is 8.15. The second-order valence-electron chi connectivity index (χ2n) is 6.77. The fourth-order valence-corrected chi connectivity index (χ4v) is 2.98. The van der Waals surface area contributed by atoms with Gasteiger partial charge in [0, 0.05) is 44.7 Å². The van der Waals surface area contributed by atoms with Crippen molar-refractivity contribution in [3.05, 3.63) is 12.2 Å². The average molecular weight is 372 g/mol. The van der Waals surface area contributed by atoms with E-state index in [0.29, 0.717) is 11.6 Å². The van der Waals surface area contributed by atoms with Crippen molar-refractivity contribution in [3.8, 4) is 11.5 Å². The van der Waals surface area contributed by atoms with Crippen molar-refractivity contribution in [1.82, 2.24) is 19.9 Å². The SMILES string of the molecule is Cc1nc(-c2nc(NC3CC(F)(F)C3)nc(NC3CC(F)(F)C3)n2)co1. The van der Waals surface area contributed by atoms with Gasteiger partial charge in [-0.05, 0) is 0 Å². The highest BCUT2D eigenvalue weighted by atomic mass is 19.3. The van der Waals surface area contributed by atoms with Gasteiger partial charge in [-0.1, -0.05) is 0 Å². The monoisotopic (exact) mass is 372 g/mol. The molecule has 140 valence electrons. The average Bonchev–Trinajstić information content (AvgIpc) is 2.90. The van der Waals surface area contributed by atoms with Crippen LogP contribution in [0, 0.1) is 6.92 Å². The molecule has 0 spiro atoms. The van der Waals surface area contributed by atoms with Crippen LogP contribution in [0.1, 0.15) is 31.6 Å². The third-order valence-corrected chi connectivity index (χ3v) is 4.33. The van der Waals surface area contributed by atoms with Gasteiger partial charge in [0.1, 0.15) is 12.0 Å². The van der Waals surface area contributed by atoms with Crippen molar-refractivity contribution >= 4 is 11.9 Å². The number of rotatable bonds is 5. The summed E-state index contributed by atoms with van der Waals surface area (Å²) in [6, 6.07) is -0.916. The smallest absolute Gasteiger partial charge is 0.252 e. The first-order chi connectivity index (χ1) is 12.2. The molecule has 0 aromatic carbocycles. The van der Waals surface area contributed by atoms with Gasteiger partial charge in [0.15, 0.2) is 11.7 Å². The summed E-state index contributed by atoms with van der Waals surface area (Å²) in [5.41, 5.74) is 0.342. The minimum absolute atomic E-state index is 0.0877. The van der Waals surface area contributed by atoms with Gasteiger partial charge in [0.25, 0.3) is 11.8 Å². The number of oxazole rings is 1. The lowest BCUT2D eigenvalue weighted by atomic mass is 9.88. The summed E-state index contributed by atoms with van der Waals surface area (Å²) < 4.78 is 57.2. The van der Waals surface area contributed by atoms with Gasteiger partial charge in [-0.15, -0.1) is 0 Å². The topological polar surface area (TPSA) is 88.8 Å². The maximum Gasteiger partial charge on any atom is 0.252 e. The molecular weight excluding hydrogens is 356 g/mol. The first-order valence-electron chi connectivity index (χ1n) is 8.15. The number of hydrogen-bond acceptors (Lipinski definition) is 7. The molecule has 2 heterocycles. The Morgan fingerprint density at radius 1 is 0.885 bits per heavy atom. The molecule has 0 aliphatic heterocycles. The van der Waals surface area contributed by atoms with Gasteiger partial charge in [0.2, 0.25) is 11.9 Å². The van der Waals surface area contributed by atoms with Crippen LogP contribution in [-0.2, 0) is 0 Å². The van der Waals surface area contributed by atoms with Gasteiger partial charge in [-0.2, -0.15) is 15.0 Å². The van der Waals surface area contributed by atoms with E-state index in [9.17, 15) is 17.6 Å². The lowest BCUT2D eigenvalue weighted by Crippen LogP contribution is -2.45. The van der Waals surface area contributed by atoms with Crippen molar-refractivity contribution in [3.63, 3.8) is 0 Å². The lowest BCUT2D eigenvalue weighted by molar-refractivity contribution is -0.0799. The van der Waals surface area contributed by atoms with E-state index in [-0.39, 0.29) is 43.4 Å². The van der Waals surface area contributed by atoms with E-state index in [1.165, 1.54) is 6.26 Å². The number of aryl methyl sites for hydroxylation is 1. The molecule has 2 aliphatic carbocycles. The molecule has 26 heavy (non-hydrogen) atoms. The molecule has 0 bridgehead atoms. The van der Waals surface area contributed by atoms with Crippen LogP contribution in [0.5, 0.6) is 0 Å². The maximum absolute atomic E-state index is 13.0. The molecule has 11 heteroatoms. The van der Waals surface area contributed by atoms with Gasteiger partial charge in [-0.25, -0.2) is 22.5 Å². The van der Waals surface area contributed by atoms with E-state index >= 15 is 0 Å². The predicted octanol–water partition coefficient (Wildman–Crippen LogP) is 3.25. The minimum atomic E-state index is -2.69. The highest BCUT2D eigenvalue weighted by Gasteiger charge is 2.46. The second-order valence-corrected chi connectivity index (χ2v) is 6.77. The Kier molecular flexibility index (Phi) is 3.77. The zero-order valence-electron chi connectivity index (χ0n) is 13.8. The molecule has 4 rings (SSSR count). The molecule has 0 unspecified atom stereocenters. The Balaban J connectivity index is 1.55. The Bertz CT molecular complexity index is 766. The van der Waals surface area contributed by atoms with Gasteiger partial charge >= 0.3 is 0 Å². The van der Waals surface area contributed by atoms with Crippen LogP contribution in [-0.4, -0.2) is 43.9 Å². The summed E-state index contributed by atoms with van der Waals surface area (Å²) in [4.78, 5) is 16.6. The Hall–Kier alpha value is -2.46. The molecule has 2 N–H and O–H groups in total. The molecule has 2 saturated carbocycles. The van der Waals surface area contributed by atoms with Crippen molar-refractivity contribution < 1.29 is 22.0 Å². The van der Waals surface area contributed by atoms with Crippen molar-refractivity contribution in [2.75, 3.05) is 10.6 Å². The number of halogens is 4. The molecule has 0 radical (unpaired) electrons. The standard InChI is InChI=1S/C15H16F4N6O/c1-7-20-10(6-26-7)11-23-12(21-8-2-14(16,17)3-8)25-13(24-11)22-9-4-15(18,19)5-9/h6,8-9H,2-5H2,1H3,(H2,21,22,23,24,25). The van der Waals surface area contributed by atoms with Gasteiger partial charge < -0.3 is 15.1 Å². The molecule has 0 amide bonds. The number of aromatic nitrogens is 4. The number of hydrogen-bond donors (Lipinski definition) is 2. The highest BCUT2D eigenvalue weighted by molar-refractivity contribution is 5.53. The van der Waals surface area contributed by atoms with Crippen LogP contribution in [0.15, 0.2) is 10.7 Å². The number of alkyl halides is 4. The first kappa shape index (κ1) is 17.0. The van der Waals surface area contributed by atoms with Crippen LogP contribution < -0.4 is 10.6 Å². The van der Waals surface area contributed by atoms with Gasteiger partial charge in [0.05, 0.1) is 0 Å². The normalized spacial score (nSPS) is 21.7. The lowest BCUT2D eigenvalue weighted by Gasteiger charge is -2.36. The second kappa shape index (κ2) is 5.78. The summed E-state index contributed by atoms with van der Waals surface area (Å²) in [5.74, 6) is -4.62. The van der Waals surface area contributed by atoms with Crippen LogP contribution in [0.4, 0.5) is 29.5 Å². The van der Waals surface area contributed by atoms with Crippen LogP contribution >= 0.6 is 0 Å². The van der Waals surface area contributed by atoms with E-state index in [0.717, 1.165) is 0 Å². The third kappa shape index (κ3) is 3.56. The number of nitrogens with one attached hydrogen (secondary N) is 2. The summed E-state index contributed by atoms with van der Waals surface area (Å²) in [6.07, 6.45) is 0.111. The summed E-state index contributed by atoms with van der Waals surface area (Å²) in [6.45, 7) is 1.65. The van der Waals surface area contributed by atoms with Crippen LogP contribution in [0.3, 0.4) is 0 Å². The molecule has 0 atom stereocenters. The molecule has 2 fully saturated rings. The van der Waals surface area contributed by atoms with Crippen LogP contribution in [0.25, 0.3) is 11.5 Å². The Morgan fingerprint density at radius 2 is 1.38 bits per heavy atom. The van der Waals surface area contributed by atoms with Crippen molar-refractivity contribution in [1.29, 1.82) is 0 Å². The van der Waals surface area contributed by atoms with Crippen molar-refractivity contribution in [2.45, 2.75) is 56.5 Å². The molecule has 7 nitrogen and oxygen atoms in total. The summed E-state index contributed by atoms with van der Waals surface area (Å²) in [7, 11) is 0. The van der Waals surface area contributed by atoms with E-state index in [2.05, 4.69) is 30.6 Å². The predicted molar refractivity (Wildman–Crippen MR) is 83.2 cm³/mol. The fourth-order valence-electron chi connectivity index (χ4n) is 2.98. The number of anilines is 2. The fraction of sp³-hybridized carbons (Fsp3) is 0.600. The quantitative estimate of drug-likeness (QED) is 0.779. The Labute approximate surface area is 145 Å².